The fourth-order valence-electron chi connectivity index (χ4n) is 9.91. The smallest absolute Gasteiger partial charge is 0.306 e. The molecule has 0 spiro atoms. The van der Waals surface area contributed by atoms with Crippen molar-refractivity contribution >= 4 is 17.9 Å². The van der Waals surface area contributed by atoms with Crippen molar-refractivity contribution < 1.29 is 28.6 Å². The Kier molecular flexibility index (Phi) is 59.1. The Morgan fingerprint density at radius 2 is 0.465 bits per heavy atom. The Bertz CT molecular complexity index is 1100. The maximum Gasteiger partial charge on any atom is 0.306 e. The van der Waals surface area contributed by atoms with E-state index in [1.807, 2.05) is 0 Å². The van der Waals surface area contributed by atoms with Crippen LogP contribution in [0.2, 0.25) is 0 Å². The van der Waals surface area contributed by atoms with Crippen LogP contribution in [0.4, 0.5) is 0 Å². The highest BCUT2D eigenvalue weighted by molar-refractivity contribution is 5.71. The van der Waals surface area contributed by atoms with Gasteiger partial charge in [0, 0.05) is 19.3 Å². The van der Waals surface area contributed by atoms with Gasteiger partial charge in [0.15, 0.2) is 6.10 Å². The maximum absolute atomic E-state index is 12.8. The Morgan fingerprint density at radius 3 is 0.704 bits per heavy atom. The van der Waals surface area contributed by atoms with Gasteiger partial charge in [-0.25, -0.2) is 0 Å². The number of rotatable bonds is 60. The molecule has 1 atom stereocenters. The summed E-state index contributed by atoms with van der Waals surface area (Å²) in [6.45, 7) is 6.68. The van der Waals surface area contributed by atoms with E-state index in [4.69, 9.17) is 14.2 Å². The Hall–Kier alpha value is -1.85. The lowest BCUT2D eigenvalue weighted by Crippen LogP contribution is -2.30. The fourth-order valence-corrected chi connectivity index (χ4v) is 9.91. The number of esters is 3. The van der Waals surface area contributed by atoms with Gasteiger partial charge in [-0.3, -0.25) is 14.4 Å². The number of allylic oxidation sites excluding steroid dienone is 2. The molecule has 0 aliphatic carbocycles. The summed E-state index contributed by atoms with van der Waals surface area (Å²) < 4.78 is 16.9. The molecule has 0 amide bonds. The van der Waals surface area contributed by atoms with E-state index in [-0.39, 0.29) is 31.1 Å². The highest BCUT2D eigenvalue weighted by Crippen LogP contribution is 2.18. The van der Waals surface area contributed by atoms with Gasteiger partial charge in [-0.1, -0.05) is 315 Å². The van der Waals surface area contributed by atoms with Crippen LogP contribution in [-0.4, -0.2) is 37.2 Å². The Balaban J connectivity index is 4.09. The molecule has 6 heteroatoms. The largest absolute Gasteiger partial charge is 0.462 e. The maximum atomic E-state index is 12.8. The summed E-state index contributed by atoms with van der Waals surface area (Å²) in [6.07, 6.45) is 71.0. The van der Waals surface area contributed by atoms with Crippen molar-refractivity contribution in [1.82, 2.24) is 0 Å². The second-order valence-corrected chi connectivity index (χ2v) is 22.0. The molecule has 0 aliphatic rings. The monoisotopic (exact) mass is 1000 g/mol. The van der Waals surface area contributed by atoms with Crippen LogP contribution >= 0.6 is 0 Å². The van der Waals surface area contributed by atoms with Crippen LogP contribution in [0.5, 0.6) is 0 Å². The SMILES string of the molecule is CCCCCCC/C=C\CCCCCCCC(=O)OC(COC(=O)CCCCCCCCCCCCC)COC(=O)CCCCCCCCCCCCCCCCCCCCCCCCCCCCCC. The molecule has 0 bridgehead atoms. The molecule has 0 aromatic rings. The van der Waals surface area contributed by atoms with Crippen LogP contribution in [0.15, 0.2) is 12.2 Å². The molecule has 420 valence electrons. The molecule has 0 heterocycles. The number of carbonyl (C=O) groups excluding carboxylic acids is 3. The van der Waals surface area contributed by atoms with Gasteiger partial charge in [0.1, 0.15) is 13.2 Å². The van der Waals surface area contributed by atoms with Gasteiger partial charge in [0.05, 0.1) is 0 Å². The zero-order valence-corrected chi connectivity index (χ0v) is 48.3. The summed E-state index contributed by atoms with van der Waals surface area (Å²) in [6, 6.07) is 0. The lowest BCUT2D eigenvalue weighted by molar-refractivity contribution is -0.167. The molecular weight excluding hydrogens is 877 g/mol. The first-order chi connectivity index (χ1) is 35.0. The normalized spacial score (nSPS) is 12.0. The van der Waals surface area contributed by atoms with E-state index < -0.39 is 6.10 Å². The summed E-state index contributed by atoms with van der Waals surface area (Å²) in [5.74, 6) is -0.851. The number of hydrogen-bond donors (Lipinski definition) is 0. The van der Waals surface area contributed by atoms with Gasteiger partial charge in [-0.15, -0.1) is 0 Å². The summed E-state index contributed by atoms with van der Waals surface area (Å²) in [5, 5.41) is 0. The molecule has 0 N–H and O–H groups in total. The molecule has 71 heavy (non-hydrogen) atoms. The van der Waals surface area contributed by atoms with Gasteiger partial charge in [-0.05, 0) is 44.9 Å². The van der Waals surface area contributed by atoms with E-state index >= 15 is 0 Å². The van der Waals surface area contributed by atoms with Gasteiger partial charge in [0.25, 0.3) is 0 Å². The molecule has 0 fully saturated rings. The average Bonchev–Trinajstić information content (AvgIpc) is 3.37. The van der Waals surface area contributed by atoms with Crippen molar-refractivity contribution in [3.05, 3.63) is 12.2 Å². The van der Waals surface area contributed by atoms with Crippen LogP contribution in [-0.2, 0) is 28.6 Å². The average molecular weight is 1000 g/mol. The number of ether oxygens (including phenoxy) is 3. The fraction of sp³-hybridized carbons (Fsp3) is 0.923. The molecule has 6 nitrogen and oxygen atoms in total. The van der Waals surface area contributed by atoms with Crippen molar-refractivity contribution in [1.29, 1.82) is 0 Å². The van der Waals surface area contributed by atoms with E-state index in [2.05, 4.69) is 32.9 Å². The summed E-state index contributed by atoms with van der Waals surface area (Å²) in [4.78, 5) is 38.1. The van der Waals surface area contributed by atoms with Crippen LogP contribution in [0.3, 0.4) is 0 Å². The van der Waals surface area contributed by atoms with Gasteiger partial charge in [-0.2, -0.15) is 0 Å². The molecule has 0 aliphatic heterocycles. The van der Waals surface area contributed by atoms with Gasteiger partial charge in [0.2, 0.25) is 0 Å². The van der Waals surface area contributed by atoms with Crippen molar-refractivity contribution in [3.8, 4) is 0 Å². The van der Waals surface area contributed by atoms with Gasteiger partial charge < -0.3 is 14.2 Å². The van der Waals surface area contributed by atoms with Crippen molar-refractivity contribution in [2.75, 3.05) is 13.2 Å². The lowest BCUT2D eigenvalue weighted by Gasteiger charge is -2.18. The molecule has 0 radical (unpaired) electrons. The second kappa shape index (κ2) is 60.7. The molecule has 0 saturated carbocycles. The minimum Gasteiger partial charge on any atom is -0.462 e. The Labute approximate surface area is 443 Å². The van der Waals surface area contributed by atoms with Crippen LogP contribution in [0.1, 0.15) is 367 Å². The molecule has 1 unspecified atom stereocenters. The van der Waals surface area contributed by atoms with Crippen molar-refractivity contribution in [2.45, 2.75) is 374 Å². The lowest BCUT2D eigenvalue weighted by atomic mass is 10.0. The summed E-state index contributed by atoms with van der Waals surface area (Å²) >= 11 is 0. The predicted molar refractivity (Wildman–Crippen MR) is 307 cm³/mol. The quantitative estimate of drug-likeness (QED) is 0.0261. The third-order valence-electron chi connectivity index (χ3n) is 14.8. The molecular formula is C65H124O6. The molecule has 0 saturated heterocycles. The van der Waals surface area contributed by atoms with Crippen LogP contribution in [0.25, 0.3) is 0 Å². The molecule has 0 aromatic heterocycles. The molecule has 0 aromatic carbocycles. The zero-order chi connectivity index (χ0) is 51.4. The first-order valence-corrected chi connectivity index (χ1v) is 32.2. The van der Waals surface area contributed by atoms with E-state index in [9.17, 15) is 14.4 Å². The summed E-state index contributed by atoms with van der Waals surface area (Å²) in [7, 11) is 0. The van der Waals surface area contributed by atoms with Gasteiger partial charge >= 0.3 is 17.9 Å². The van der Waals surface area contributed by atoms with E-state index in [0.717, 1.165) is 64.2 Å². The standard InChI is InChI=1S/C65H124O6/c1-4-7-10-13-16-19-22-24-26-27-28-29-30-31-32-33-34-35-36-37-38-39-41-43-46-49-52-55-58-64(67)70-61-62(60-69-63(66)57-54-51-48-45-42-21-18-15-12-9-6-3)71-65(68)59-56-53-50-47-44-40-25-23-20-17-14-11-8-5-2/h23,25,62H,4-22,24,26-61H2,1-3H3/b25-23-. The number of carbonyl (C=O) groups is 3. The molecule has 0 rings (SSSR count). The highest BCUT2D eigenvalue weighted by Gasteiger charge is 2.19. The first-order valence-electron chi connectivity index (χ1n) is 32.2. The third-order valence-corrected chi connectivity index (χ3v) is 14.8. The minimum absolute atomic E-state index is 0.0674. The van der Waals surface area contributed by atoms with Crippen LogP contribution < -0.4 is 0 Å². The van der Waals surface area contributed by atoms with E-state index in [1.165, 1.54) is 263 Å². The van der Waals surface area contributed by atoms with Crippen molar-refractivity contribution in [2.24, 2.45) is 0 Å². The van der Waals surface area contributed by atoms with Crippen molar-refractivity contribution in [3.63, 3.8) is 0 Å². The van der Waals surface area contributed by atoms with E-state index in [0.29, 0.717) is 19.3 Å². The third kappa shape index (κ3) is 58.9. The predicted octanol–water partition coefficient (Wildman–Crippen LogP) is 21.7. The Morgan fingerprint density at radius 1 is 0.268 bits per heavy atom. The minimum atomic E-state index is -0.769. The summed E-state index contributed by atoms with van der Waals surface area (Å²) in [5.41, 5.74) is 0. The van der Waals surface area contributed by atoms with E-state index in [1.54, 1.807) is 0 Å². The highest BCUT2D eigenvalue weighted by atomic mass is 16.6. The number of hydrogen-bond acceptors (Lipinski definition) is 6. The first kappa shape index (κ1) is 69.2. The second-order valence-electron chi connectivity index (χ2n) is 22.0. The topological polar surface area (TPSA) is 78.9 Å². The van der Waals surface area contributed by atoms with Crippen LogP contribution in [0, 0.1) is 0 Å². The zero-order valence-electron chi connectivity index (χ0n) is 48.3. The number of unbranched alkanes of at least 4 members (excludes halogenated alkanes) is 47.